The average molecular weight is 630 g/mol. The number of morpholine rings is 1. The summed E-state index contributed by atoms with van der Waals surface area (Å²) in [7, 11) is 3.32. The minimum atomic E-state index is -0.776. The Morgan fingerprint density at radius 2 is 1.74 bits per heavy atom. The molecule has 0 saturated carbocycles. The first-order chi connectivity index (χ1) is 19.9. The molecule has 0 aromatic heterocycles. The number of nitrogens with one attached hydrogen (secondary N) is 1. The van der Waals surface area contributed by atoms with Gasteiger partial charge < -0.3 is 35.1 Å². The van der Waals surface area contributed by atoms with Crippen LogP contribution < -0.4 is 20.5 Å². The van der Waals surface area contributed by atoms with E-state index in [0.29, 0.717) is 37.7 Å². The first-order valence-electron chi connectivity index (χ1n) is 15.7. The molecule has 4 atom stereocenters. The maximum absolute atomic E-state index is 13.4. The SMILES string of the molecule is COCCCOc1cc(C[C@@H](C[C@H](N)[C@@H](O)C[C@H](C(=O)NC(C)(C)CN2CCOCC2)C(C)C)C(C)C)ccc1OC.Cl. The number of hydrogen-bond acceptors (Lipinski definition) is 8. The van der Waals surface area contributed by atoms with E-state index in [-0.39, 0.29) is 41.6 Å². The van der Waals surface area contributed by atoms with Crippen LogP contribution >= 0.6 is 12.4 Å². The zero-order valence-corrected chi connectivity index (χ0v) is 28.7. The number of ether oxygens (including phenoxy) is 4. The molecule has 2 rings (SSSR count). The minimum Gasteiger partial charge on any atom is -0.493 e. The summed E-state index contributed by atoms with van der Waals surface area (Å²) in [6.07, 6.45) is 1.82. The molecule has 250 valence electrons. The number of rotatable bonds is 19. The van der Waals surface area contributed by atoms with Gasteiger partial charge >= 0.3 is 0 Å². The standard InChI is InChI=1S/C33H59N3O6.ClH/c1-23(2)26(18-25-10-11-30(40-8)31(19-25)42-15-9-14-39-7)20-28(34)29(37)21-27(24(3)4)32(38)35-33(5,6)22-36-12-16-41-17-13-36;/h10-11,19,23-24,26-29,37H,9,12-18,20-22,34H2,1-8H3,(H,35,38);1H/t26-,27-,28-,29-;/m0./s1. The molecule has 0 spiro atoms. The van der Waals surface area contributed by atoms with Crippen molar-refractivity contribution in [2.24, 2.45) is 29.4 Å². The van der Waals surface area contributed by atoms with Crippen molar-refractivity contribution in [3.05, 3.63) is 23.8 Å². The van der Waals surface area contributed by atoms with E-state index in [9.17, 15) is 9.90 Å². The summed E-state index contributed by atoms with van der Waals surface area (Å²) in [6, 6.07) is 5.62. The molecule has 1 fully saturated rings. The van der Waals surface area contributed by atoms with Gasteiger partial charge in [-0.25, -0.2) is 0 Å². The monoisotopic (exact) mass is 629 g/mol. The van der Waals surface area contributed by atoms with Crippen molar-refractivity contribution >= 4 is 18.3 Å². The van der Waals surface area contributed by atoms with Gasteiger partial charge in [-0.2, -0.15) is 0 Å². The fraction of sp³-hybridized carbons (Fsp3) is 0.788. The van der Waals surface area contributed by atoms with Crippen molar-refractivity contribution in [2.75, 3.05) is 60.3 Å². The Balaban J connectivity index is 0.00000924. The molecular weight excluding hydrogens is 570 g/mol. The maximum Gasteiger partial charge on any atom is 0.223 e. The van der Waals surface area contributed by atoms with Crippen molar-refractivity contribution in [1.29, 1.82) is 0 Å². The summed E-state index contributed by atoms with van der Waals surface area (Å²) in [5.74, 6) is 1.77. The van der Waals surface area contributed by atoms with Crippen LogP contribution in [0.5, 0.6) is 11.5 Å². The van der Waals surface area contributed by atoms with Gasteiger partial charge in [-0.3, -0.25) is 9.69 Å². The normalized spacial score (nSPS) is 17.2. The third kappa shape index (κ3) is 13.9. The summed E-state index contributed by atoms with van der Waals surface area (Å²) in [5.41, 5.74) is 7.37. The maximum atomic E-state index is 13.4. The molecule has 0 radical (unpaired) electrons. The zero-order chi connectivity index (χ0) is 31.3. The van der Waals surface area contributed by atoms with Crippen LogP contribution in [-0.2, 0) is 20.7 Å². The first kappa shape index (κ1) is 39.4. The van der Waals surface area contributed by atoms with E-state index in [2.05, 4.69) is 44.0 Å². The molecule has 0 aliphatic carbocycles. The molecule has 10 heteroatoms. The van der Waals surface area contributed by atoms with Gasteiger partial charge in [0.25, 0.3) is 0 Å². The van der Waals surface area contributed by atoms with Gasteiger partial charge in [-0.05, 0) is 68.6 Å². The van der Waals surface area contributed by atoms with E-state index in [0.717, 1.165) is 57.0 Å². The average Bonchev–Trinajstić information content (AvgIpc) is 2.93. The highest BCUT2D eigenvalue weighted by Gasteiger charge is 2.33. The fourth-order valence-electron chi connectivity index (χ4n) is 5.65. The number of nitrogens with two attached hydrogens (primary N) is 1. The zero-order valence-electron chi connectivity index (χ0n) is 27.9. The lowest BCUT2D eigenvalue weighted by atomic mass is 9.80. The molecule has 1 saturated heterocycles. The molecule has 0 bridgehead atoms. The molecule has 4 N–H and O–H groups in total. The predicted molar refractivity (Wildman–Crippen MR) is 175 cm³/mol. The van der Waals surface area contributed by atoms with E-state index in [1.807, 2.05) is 26.0 Å². The van der Waals surface area contributed by atoms with E-state index in [4.69, 9.17) is 24.7 Å². The lowest BCUT2D eigenvalue weighted by Crippen LogP contribution is -2.55. The van der Waals surface area contributed by atoms with E-state index in [1.165, 1.54) is 0 Å². The van der Waals surface area contributed by atoms with Crippen LogP contribution in [0, 0.1) is 23.7 Å². The molecule has 1 amide bonds. The largest absolute Gasteiger partial charge is 0.493 e. The van der Waals surface area contributed by atoms with Crippen LogP contribution in [0.2, 0.25) is 0 Å². The number of halogens is 1. The van der Waals surface area contributed by atoms with Crippen molar-refractivity contribution in [2.45, 2.75) is 84.9 Å². The van der Waals surface area contributed by atoms with Crippen LogP contribution in [0.15, 0.2) is 18.2 Å². The number of aliphatic hydroxyl groups excluding tert-OH is 1. The number of methoxy groups -OCH3 is 2. The topological polar surface area (TPSA) is 116 Å². The first-order valence-corrected chi connectivity index (χ1v) is 15.7. The number of hydrogen-bond donors (Lipinski definition) is 3. The summed E-state index contributed by atoms with van der Waals surface area (Å²) in [4.78, 5) is 15.8. The molecular formula is C33H60ClN3O6. The smallest absolute Gasteiger partial charge is 0.223 e. The van der Waals surface area contributed by atoms with E-state index < -0.39 is 12.1 Å². The molecule has 1 aliphatic heterocycles. The van der Waals surface area contributed by atoms with Crippen LogP contribution in [0.4, 0.5) is 0 Å². The summed E-state index contributed by atoms with van der Waals surface area (Å²) in [5, 5.41) is 14.5. The summed E-state index contributed by atoms with van der Waals surface area (Å²) >= 11 is 0. The highest BCUT2D eigenvalue weighted by molar-refractivity contribution is 5.85. The lowest BCUT2D eigenvalue weighted by Gasteiger charge is -2.37. The predicted octanol–water partition coefficient (Wildman–Crippen LogP) is 4.31. The number of aliphatic hydroxyl groups is 1. The highest BCUT2D eigenvalue weighted by atomic mass is 35.5. The fourth-order valence-corrected chi connectivity index (χ4v) is 5.65. The Bertz CT molecular complexity index is 926. The number of amides is 1. The van der Waals surface area contributed by atoms with Gasteiger partial charge in [0.05, 0.1) is 33.0 Å². The second-order valence-corrected chi connectivity index (χ2v) is 13.2. The number of nitrogens with zero attached hydrogens (tertiary/aromatic N) is 1. The molecule has 43 heavy (non-hydrogen) atoms. The molecule has 1 aliphatic rings. The Labute approximate surface area is 266 Å². The van der Waals surface area contributed by atoms with Crippen molar-refractivity contribution < 1.29 is 28.8 Å². The van der Waals surface area contributed by atoms with E-state index >= 15 is 0 Å². The van der Waals surface area contributed by atoms with Crippen LogP contribution in [0.1, 0.15) is 66.4 Å². The number of benzene rings is 1. The molecule has 1 heterocycles. The van der Waals surface area contributed by atoms with E-state index in [1.54, 1.807) is 14.2 Å². The second-order valence-electron chi connectivity index (χ2n) is 13.2. The molecule has 9 nitrogen and oxygen atoms in total. The third-order valence-electron chi connectivity index (χ3n) is 8.31. The van der Waals surface area contributed by atoms with Crippen LogP contribution in [-0.4, -0.2) is 93.9 Å². The third-order valence-corrected chi connectivity index (χ3v) is 8.31. The minimum absolute atomic E-state index is 0. The quantitative estimate of drug-likeness (QED) is 0.194. The Kier molecular flexibility index (Phi) is 18.1. The van der Waals surface area contributed by atoms with Gasteiger partial charge in [-0.15, -0.1) is 12.4 Å². The van der Waals surface area contributed by atoms with Gasteiger partial charge in [0.2, 0.25) is 5.91 Å². The Hall–Kier alpha value is -1.62. The molecule has 1 aromatic carbocycles. The van der Waals surface area contributed by atoms with Crippen molar-refractivity contribution in [3.8, 4) is 11.5 Å². The highest BCUT2D eigenvalue weighted by Crippen LogP contribution is 2.32. The number of carbonyl (C=O) groups is 1. The van der Waals surface area contributed by atoms with Crippen LogP contribution in [0.25, 0.3) is 0 Å². The molecule has 1 aromatic rings. The van der Waals surface area contributed by atoms with Gasteiger partial charge in [0, 0.05) is 57.3 Å². The van der Waals surface area contributed by atoms with Crippen molar-refractivity contribution in [1.82, 2.24) is 10.2 Å². The Morgan fingerprint density at radius 1 is 1.07 bits per heavy atom. The summed E-state index contributed by atoms with van der Waals surface area (Å²) in [6.45, 7) is 17.7. The van der Waals surface area contributed by atoms with Crippen LogP contribution in [0.3, 0.4) is 0 Å². The van der Waals surface area contributed by atoms with Gasteiger partial charge in [-0.1, -0.05) is 33.8 Å². The second kappa shape index (κ2) is 19.7. The molecule has 0 unspecified atom stereocenters. The van der Waals surface area contributed by atoms with Gasteiger partial charge in [0.15, 0.2) is 11.5 Å². The summed E-state index contributed by atoms with van der Waals surface area (Å²) < 4.78 is 22.1. The van der Waals surface area contributed by atoms with Gasteiger partial charge in [0.1, 0.15) is 0 Å². The van der Waals surface area contributed by atoms with Crippen molar-refractivity contribution in [3.63, 3.8) is 0 Å². The number of carbonyl (C=O) groups excluding carboxylic acids is 1. The Morgan fingerprint density at radius 3 is 2.33 bits per heavy atom. The lowest BCUT2D eigenvalue weighted by molar-refractivity contribution is -0.129.